The number of carbonyl (C=O) groups excluding carboxylic acids is 2. The van der Waals surface area contributed by atoms with Crippen molar-refractivity contribution in [2.24, 2.45) is 5.41 Å². The Morgan fingerprint density at radius 1 is 1.00 bits per heavy atom. The Labute approximate surface area is 233 Å². The Hall–Kier alpha value is -4.47. The van der Waals surface area contributed by atoms with Crippen LogP contribution >= 0.6 is 0 Å². The maximum Gasteiger partial charge on any atom is 0.253 e. The van der Waals surface area contributed by atoms with Gasteiger partial charge in [-0.25, -0.2) is 4.98 Å². The second kappa shape index (κ2) is 11.3. The summed E-state index contributed by atoms with van der Waals surface area (Å²) in [5, 5.41) is 11.9. The number of aryl methyl sites for hydroxylation is 1. The Kier molecular flexibility index (Phi) is 7.31. The summed E-state index contributed by atoms with van der Waals surface area (Å²) in [5.74, 6) is 0.835. The molecule has 2 aromatic carbocycles. The molecule has 5 heterocycles. The summed E-state index contributed by atoms with van der Waals surface area (Å²) in [6.45, 7) is 2.82. The molecule has 10 heteroatoms. The van der Waals surface area contributed by atoms with Gasteiger partial charge in [0.25, 0.3) is 5.91 Å². The molecule has 10 nitrogen and oxygen atoms in total. The summed E-state index contributed by atoms with van der Waals surface area (Å²) in [6.07, 6.45) is 10.4. The van der Waals surface area contributed by atoms with Gasteiger partial charge in [-0.1, -0.05) is 17.3 Å². The number of aromatic nitrogens is 5. The van der Waals surface area contributed by atoms with Crippen molar-refractivity contribution < 1.29 is 14.3 Å². The molecule has 0 unspecified atom stereocenters. The van der Waals surface area contributed by atoms with Gasteiger partial charge in [0.2, 0.25) is 5.91 Å². The fourth-order valence-corrected chi connectivity index (χ4v) is 5.54. The smallest absolute Gasteiger partial charge is 0.253 e. The first-order valence-electron chi connectivity index (χ1n) is 13.8. The number of hydrogen-bond acceptors (Lipinski definition) is 6. The molecule has 4 aromatic rings. The molecule has 0 saturated carbocycles. The summed E-state index contributed by atoms with van der Waals surface area (Å²) < 4.78 is 9.57. The predicted octanol–water partition coefficient (Wildman–Crippen LogP) is 3.07. The lowest BCUT2D eigenvalue weighted by Crippen LogP contribution is -2.51. The summed E-state index contributed by atoms with van der Waals surface area (Å²) in [5.41, 5.74) is 2.87. The highest BCUT2D eigenvalue weighted by Crippen LogP contribution is 2.36. The van der Waals surface area contributed by atoms with Gasteiger partial charge >= 0.3 is 0 Å². The van der Waals surface area contributed by atoms with Crippen LogP contribution in [0, 0.1) is 5.41 Å². The molecule has 0 aliphatic carbocycles. The lowest BCUT2D eigenvalue weighted by molar-refractivity contribution is -0.133. The van der Waals surface area contributed by atoms with E-state index in [2.05, 4.69) is 20.6 Å². The van der Waals surface area contributed by atoms with Gasteiger partial charge in [-0.2, -0.15) is 0 Å². The zero-order chi connectivity index (χ0) is 27.4. The number of hydrogen-bond donors (Lipinski definition) is 1. The van der Waals surface area contributed by atoms with Crippen LogP contribution in [0.15, 0.2) is 73.4 Å². The molecule has 7 rings (SSSR count). The summed E-state index contributed by atoms with van der Waals surface area (Å²) in [7, 11) is 0. The molecule has 4 bridgehead atoms. The third kappa shape index (κ3) is 5.61. The molecule has 1 N–H and O–H groups in total. The van der Waals surface area contributed by atoms with Crippen molar-refractivity contribution in [3.8, 4) is 11.4 Å². The topological polar surface area (TPSA) is 107 Å². The van der Waals surface area contributed by atoms with Gasteiger partial charge in [-0.05, 0) is 61.2 Å². The van der Waals surface area contributed by atoms with Crippen molar-refractivity contribution in [3.63, 3.8) is 0 Å². The van der Waals surface area contributed by atoms with Crippen molar-refractivity contribution in [2.45, 2.75) is 38.6 Å². The molecule has 0 atom stereocenters. The second-order valence-electron chi connectivity index (χ2n) is 10.6. The van der Waals surface area contributed by atoms with Crippen molar-refractivity contribution in [1.29, 1.82) is 0 Å². The fourth-order valence-electron chi connectivity index (χ4n) is 5.54. The number of ether oxygens (including phenoxy) is 1. The quantitative estimate of drug-likeness (QED) is 0.420. The number of piperidine rings is 1. The van der Waals surface area contributed by atoms with Crippen LogP contribution < -0.4 is 10.1 Å². The van der Waals surface area contributed by atoms with E-state index in [-0.39, 0.29) is 11.8 Å². The first-order valence-corrected chi connectivity index (χ1v) is 13.8. The van der Waals surface area contributed by atoms with Crippen molar-refractivity contribution in [1.82, 2.24) is 34.8 Å². The molecule has 2 amide bonds. The number of rotatable bonds is 2. The SMILES string of the molecule is O=C(c1ccc(-n2ccnc2)cc1)N1CCC2(CC1)Cc1cn(nn1)CCCOc1ccc(cc1)CCNC2=O. The summed E-state index contributed by atoms with van der Waals surface area (Å²) in [6, 6.07) is 15.6. The Bertz CT molecular complexity index is 1440. The Balaban J connectivity index is 1.17. The van der Waals surface area contributed by atoms with E-state index in [0.29, 0.717) is 57.6 Å². The minimum atomic E-state index is -0.649. The lowest BCUT2D eigenvalue weighted by atomic mass is 9.73. The molecule has 3 aliphatic heterocycles. The zero-order valence-electron chi connectivity index (χ0n) is 22.4. The average Bonchev–Trinajstić information content (AvgIpc) is 3.69. The van der Waals surface area contributed by atoms with Crippen LogP contribution in [-0.4, -0.2) is 67.5 Å². The first kappa shape index (κ1) is 25.8. The maximum atomic E-state index is 13.7. The molecule has 1 saturated heterocycles. The molecule has 3 aliphatic rings. The molecule has 40 heavy (non-hydrogen) atoms. The van der Waals surface area contributed by atoms with Gasteiger partial charge in [0.1, 0.15) is 5.75 Å². The van der Waals surface area contributed by atoms with E-state index in [1.807, 2.05) is 75.1 Å². The number of nitrogens with one attached hydrogen (secondary N) is 1. The number of fused-ring (bicyclic) bond motifs is 8. The molecule has 0 radical (unpaired) electrons. The van der Waals surface area contributed by atoms with Gasteiger partial charge in [0, 0.05) is 68.9 Å². The van der Waals surface area contributed by atoms with Crippen LogP contribution in [0.4, 0.5) is 0 Å². The highest BCUT2D eigenvalue weighted by atomic mass is 16.5. The van der Waals surface area contributed by atoms with Gasteiger partial charge in [0.05, 0.1) is 24.0 Å². The standard InChI is InChI=1S/C30H33N7O3/c38-28(24-4-6-26(7-5-24)36-18-14-31-22-36)35-16-11-30(12-17-35)20-25-21-37(34-33-25)15-1-19-40-27-8-2-23(3-9-27)10-13-32-29(30)39/h2-9,14,18,21-22H,1,10-13,15-17,19-20H2,(H,32,39). The number of imidazole rings is 1. The van der Waals surface area contributed by atoms with E-state index < -0.39 is 5.41 Å². The van der Waals surface area contributed by atoms with Crippen molar-refractivity contribution in [3.05, 3.63) is 90.3 Å². The van der Waals surface area contributed by atoms with E-state index in [1.54, 1.807) is 12.5 Å². The highest BCUT2D eigenvalue weighted by Gasteiger charge is 2.43. The largest absolute Gasteiger partial charge is 0.494 e. The first-order chi connectivity index (χ1) is 19.6. The van der Waals surface area contributed by atoms with Gasteiger partial charge in [-0.15, -0.1) is 5.10 Å². The lowest BCUT2D eigenvalue weighted by Gasteiger charge is -2.40. The minimum Gasteiger partial charge on any atom is -0.494 e. The second-order valence-corrected chi connectivity index (χ2v) is 10.6. The van der Waals surface area contributed by atoms with Crippen LogP contribution in [0.25, 0.3) is 5.69 Å². The average molecular weight is 540 g/mol. The molecular formula is C30H33N7O3. The molecule has 206 valence electrons. The molecule has 1 spiro atoms. The number of amides is 2. The summed E-state index contributed by atoms with van der Waals surface area (Å²) in [4.78, 5) is 33.0. The summed E-state index contributed by atoms with van der Waals surface area (Å²) >= 11 is 0. The van der Waals surface area contributed by atoms with E-state index in [0.717, 1.165) is 35.5 Å². The third-order valence-electron chi connectivity index (χ3n) is 7.93. The van der Waals surface area contributed by atoms with Crippen LogP contribution in [0.2, 0.25) is 0 Å². The molecular weight excluding hydrogens is 506 g/mol. The normalized spacial score (nSPS) is 17.7. The Morgan fingerprint density at radius 3 is 2.55 bits per heavy atom. The number of nitrogens with zero attached hydrogens (tertiary/aromatic N) is 6. The van der Waals surface area contributed by atoms with Crippen LogP contribution in [0.5, 0.6) is 5.75 Å². The van der Waals surface area contributed by atoms with E-state index in [9.17, 15) is 9.59 Å². The zero-order valence-corrected chi connectivity index (χ0v) is 22.4. The van der Waals surface area contributed by atoms with Crippen LogP contribution in [0.3, 0.4) is 0 Å². The maximum absolute atomic E-state index is 13.7. The minimum absolute atomic E-state index is 0.0168. The van der Waals surface area contributed by atoms with Crippen molar-refractivity contribution in [2.75, 3.05) is 26.2 Å². The number of benzene rings is 2. The van der Waals surface area contributed by atoms with Gasteiger partial charge in [0.15, 0.2) is 0 Å². The van der Waals surface area contributed by atoms with Crippen LogP contribution in [0.1, 0.15) is 40.9 Å². The fraction of sp³-hybridized carbons (Fsp3) is 0.367. The van der Waals surface area contributed by atoms with E-state index >= 15 is 0 Å². The molecule has 2 aromatic heterocycles. The van der Waals surface area contributed by atoms with Gasteiger partial charge in [-0.3, -0.25) is 14.3 Å². The molecule has 1 fully saturated rings. The van der Waals surface area contributed by atoms with E-state index in [1.165, 1.54) is 0 Å². The Morgan fingerprint density at radius 2 is 1.80 bits per heavy atom. The third-order valence-corrected chi connectivity index (χ3v) is 7.93. The van der Waals surface area contributed by atoms with Crippen molar-refractivity contribution >= 4 is 11.8 Å². The predicted molar refractivity (Wildman–Crippen MR) is 148 cm³/mol. The number of carbonyl (C=O) groups is 2. The number of likely N-dealkylation sites (tertiary alicyclic amines) is 1. The monoisotopic (exact) mass is 539 g/mol. The van der Waals surface area contributed by atoms with Gasteiger partial charge < -0.3 is 19.5 Å². The highest BCUT2D eigenvalue weighted by molar-refractivity contribution is 5.94. The van der Waals surface area contributed by atoms with Crippen LogP contribution in [-0.2, 0) is 24.2 Å². The van der Waals surface area contributed by atoms with E-state index in [4.69, 9.17) is 4.74 Å².